The summed E-state index contributed by atoms with van der Waals surface area (Å²) in [4.78, 5) is 82.7. The Morgan fingerprint density at radius 3 is 1.78 bits per heavy atom. The van der Waals surface area contributed by atoms with E-state index in [9.17, 15) is 39.0 Å². The van der Waals surface area contributed by atoms with Gasteiger partial charge in [0.15, 0.2) is 17.3 Å². The molecular formula is C54H71N5O13. The van der Waals surface area contributed by atoms with E-state index in [-0.39, 0.29) is 110 Å². The molecule has 3 aromatic carbocycles. The van der Waals surface area contributed by atoms with Crippen molar-refractivity contribution < 1.29 is 62.7 Å². The monoisotopic (exact) mass is 998 g/mol. The first kappa shape index (κ1) is 56.0. The Morgan fingerprint density at radius 1 is 0.736 bits per heavy atom. The molecular weight excluding hydrogens is 927 g/mol. The third-order valence-electron chi connectivity index (χ3n) is 12.4. The van der Waals surface area contributed by atoms with Gasteiger partial charge < -0.3 is 49.0 Å². The van der Waals surface area contributed by atoms with Crippen LogP contribution in [0.4, 0.5) is 21.0 Å². The van der Waals surface area contributed by atoms with Gasteiger partial charge in [0, 0.05) is 44.0 Å². The minimum absolute atomic E-state index is 0.0922. The second kappa shape index (κ2) is 25.0. The van der Waals surface area contributed by atoms with E-state index in [2.05, 4.69) is 29.1 Å². The molecule has 0 unspecified atom stereocenters. The smallest absolute Gasteiger partial charge is 0.412 e. The molecule has 5 amide bonds. The summed E-state index contributed by atoms with van der Waals surface area (Å²) in [6.07, 6.45) is -0.337. The molecule has 2 aliphatic heterocycles. The van der Waals surface area contributed by atoms with Crippen LogP contribution < -0.4 is 30.2 Å². The third kappa shape index (κ3) is 15.1. The first-order valence-corrected chi connectivity index (χ1v) is 24.2. The molecule has 18 nitrogen and oxygen atoms in total. The van der Waals surface area contributed by atoms with Crippen LogP contribution in [0.25, 0.3) is 0 Å². The van der Waals surface area contributed by atoms with E-state index in [4.69, 9.17) is 23.7 Å². The fourth-order valence-corrected chi connectivity index (χ4v) is 8.07. The van der Waals surface area contributed by atoms with Crippen LogP contribution in [-0.4, -0.2) is 126 Å². The number of aliphatic hydroxyl groups is 2. The van der Waals surface area contributed by atoms with Crippen molar-refractivity contribution in [1.82, 2.24) is 15.1 Å². The second-order valence-corrected chi connectivity index (χ2v) is 19.8. The average molecular weight is 998 g/mol. The normalized spacial score (nSPS) is 16.5. The minimum Gasteiger partial charge on any atom is -0.493 e. The summed E-state index contributed by atoms with van der Waals surface area (Å²) < 4.78 is 29.0. The highest BCUT2D eigenvalue weighted by atomic mass is 16.6. The van der Waals surface area contributed by atoms with Crippen LogP contribution in [0, 0.1) is 18.8 Å². The molecule has 18 heteroatoms. The lowest BCUT2D eigenvalue weighted by Gasteiger charge is -2.25. The van der Waals surface area contributed by atoms with Crippen molar-refractivity contribution in [3.05, 3.63) is 101 Å². The van der Waals surface area contributed by atoms with Crippen LogP contribution in [0.1, 0.15) is 105 Å². The van der Waals surface area contributed by atoms with E-state index in [0.29, 0.717) is 36.1 Å². The van der Waals surface area contributed by atoms with Crippen LogP contribution >= 0.6 is 0 Å². The molecule has 0 aliphatic carbocycles. The van der Waals surface area contributed by atoms with Crippen LogP contribution in [0.2, 0.25) is 0 Å². The zero-order chi connectivity index (χ0) is 53.0. The summed E-state index contributed by atoms with van der Waals surface area (Å²) >= 11 is 0. The molecule has 2 aliphatic rings. The van der Waals surface area contributed by atoms with Gasteiger partial charge in [-0.25, -0.2) is 9.59 Å². The third-order valence-corrected chi connectivity index (χ3v) is 12.4. The molecule has 0 aromatic heterocycles. The lowest BCUT2D eigenvalue weighted by Crippen LogP contribution is -2.42. The number of ketones is 1. The largest absolute Gasteiger partial charge is 0.493 e. The number of nitrogens with zero attached hydrogens (tertiary/aromatic N) is 2. The molecule has 0 bridgehead atoms. The molecule has 2 heterocycles. The number of hydrogen-bond acceptors (Lipinski definition) is 13. The van der Waals surface area contributed by atoms with E-state index in [0.717, 1.165) is 16.7 Å². The number of anilines is 2. The Hall–Kier alpha value is -6.92. The SMILES string of the molecule is C=C1C[C@@H](CO)N(C(=O)c2cc(C)c(OCCCOc3cc(NC(=O)OC(C)(C)C)c(C(=O)N4CC(=C)C[C@H]4CO)cc3OC)cc2NC(=O)OCc2ccc(CC(=O)[C@H](C)NC(=O)[C@@H](C)C(C)C)cc2)C1. The molecule has 5 rings (SSSR count). The minimum atomic E-state index is -0.850. The van der Waals surface area contributed by atoms with Crippen LogP contribution in [0.15, 0.2) is 72.8 Å². The molecule has 0 radical (unpaired) electrons. The summed E-state index contributed by atoms with van der Waals surface area (Å²) in [5.74, 6) is -0.500. The molecule has 0 saturated carbocycles. The zero-order valence-electron chi connectivity index (χ0n) is 43.0. The molecule has 5 N–H and O–H groups in total. The number of amides is 5. The van der Waals surface area contributed by atoms with Gasteiger partial charge >= 0.3 is 12.2 Å². The number of nitrogens with one attached hydrogen (secondary N) is 3. The number of ether oxygens (including phenoxy) is 5. The number of carbonyl (C=O) groups is 6. The van der Waals surface area contributed by atoms with Crippen molar-refractivity contribution >= 4 is 47.1 Å². The predicted octanol–water partition coefficient (Wildman–Crippen LogP) is 7.38. The molecule has 390 valence electrons. The quantitative estimate of drug-likeness (QED) is 0.0519. The van der Waals surface area contributed by atoms with E-state index in [1.54, 1.807) is 65.0 Å². The van der Waals surface area contributed by atoms with Gasteiger partial charge in [-0.05, 0) is 82.2 Å². The number of hydrogen-bond donors (Lipinski definition) is 5. The fourth-order valence-electron chi connectivity index (χ4n) is 8.07. The highest BCUT2D eigenvalue weighted by molar-refractivity contribution is 6.05. The lowest BCUT2D eigenvalue weighted by atomic mass is 9.96. The molecule has 3 aromatic rings. The van der Waals surface area contributed by atoms with E-state index < -0.39 is 47.7 Å². The summed E-state index contributed by atoms with van der Waals surface area (Å²) in [6, 6.07) is 11.4. The van der Waals surface area contributed by atoms with Crippen molar-refractivity contribution in [1.29, 1.82) is 0 Å². The van der Waals surface area contributed by atoms with Gasteiger partial charge in [-0.15, -0.1) is 0 Å². The molecule has 4 atom stereocenters. The number of Topliss-reactive ketones (excluding diaryl/α,β-unsaturated/α-hetero) is 1. The summed E-state index contributed by atoms with van der Waals surface area (Å²) in [5, 5.41) is 28.2. The van der Waals surface area contributed by atoms with Crippen molar-refractivity contribution in [2.45, 2.75) is 111 Å². The second-order valence-electron chi connectivity index (χ2n) is 19.8. The van der Waals surface area contributed by atoms with Crippen LogP contribution in [0.3, 0.4) is 0 Å². The lowest BCUT2D eigenvalue weighted by molar-refractivity contribution is -0.130. The Labute approximate surface area is 422 Å². The van der Waals surface area contributed by atoms with Gasteiger partial charge in [0.2, 0.25) is 5.91 Å². The molecule has 0 spiro atoms. The highest BCUT2D eigenvalue weighted by Crippen LogP contribution is 2.37. The standard InChI is InChI=1S/C54H71N5O13/c1-31(2)35(6)49(63)55-36(7)45(62)22-37-13-15-38(16-14-37)30-71-52(66)56-43-24-46(34(5)21-41(43)50(64)58-26-32(3)19-39(58)28-60)69-17-12-18-70-48-25-44(57-53(67)72-54(8,9)10)42(23-47(48)68-11)51(65)59-27-33(4)20-40(59)29-61/h13-16,21,23-25,31,35-36,39-40,60-61H,3-4,12,17-20,22,26-30H2,1-2,5-11H3,(H,55,63)(H,56,66)(H,57,67)/t35-,36-,39-,40-/m0/s1. The molecule has 2 saturated heterocycles. The highest BCUT2D eigenvalue weighted by Gasteiger charge is 2.35. The van der Waals surface area contributed by atoms with Crippen molar-refractivity contribution in [3.8, 4) is 17.2 Å². The first-order chi connectivity index (χ1) is 34.0. The average Bonchev–Trinajstić information content (AvgIpc) is 3.91. The van der Waals surface area contributed by atoms with Crippen LogP contribution in [0.5, 0.6) is 17.2 Å². The fraction of sp³-hybridized carbons (Fsp3) is 0.481. The van der Waals surface area contributed by atoms with Gasteiger partial charge in [-0.3, -0.25) is 29.8 Å². The topological polar surface area (TPSA) is 232 Å². The summed E-state index contributed by atoms with van der Waals surface area (Å²) in [7, 11) is 1.42. The zero-order valence-corrected chi connectivity index (χ0v) is 43.0. The number of aryl methyl sites for hydroxylation is 1. The Balaban J connectivity index is 1.27. The Bertz CT molecular complexity index is 2500. The maximum absolute atomic E-state index is 14.1. The van der Waals surface area contributed by atoms with Gasteiger partial charge in [0.05, 0.1) is 74.2 Å². The number of benzene rings is 3. The maximum atomic E-state index is 14.1. The summed E-state index contributed by atoms with van der Waals surface area (Å²) in [6.45, 7) is 22.3. The Kier molecular flexibility index (Phi) is 19.4. The number of carbonyl (C=O) groups excluding carboxylic acids is 6. The number of rotatable bonds is 21. The van der Waals surface area contributed by atoms with Gasteiger partial charge in [-0.2, -0.15) is 0 Å². The van der Waals surface area contributed by atoms with E-state index >= 15 is 0 Å². The number of likely N-dealkylation sites (tertiary alicyclic amines) is 2. The van der Waals surface area contributed by atoms with Crippen molar-refractivity contribution in [2.24, 2.45) is 11.8 Å². The van der Waals surface area contributed by atoms with Crippen LogP contribution in [-0.2, 0) is 32.1 Å². The summed E-state index contributed by atoms with van der Waals surface area (Å²) in [5.41, 5.74) is 3.16. The van der Waals surface area contributed by atoms with E-state index in [1.165, 1.54) is 35.1 Å². The molecule has 2 fully saturated rings. The predicted molar refractivity (Wildman–Crippen MR) is 272 cm³/mol. The molecule has 72 heavy (non-hydrogen) atoms. The van der Waals surface area contributed by atoms with Crippen molar-refractivity contribution in [3.63, 3.8) is 0 Å². The first-order valence-electron chi connectivity index (χ1n) is 24.2. The number of methoxy groups -OCH3 is 1. The van der Waals surface area contributed by atoms with Gasteiger partial charge in [-0.1, -0.05) is 69.3 Å². The van der Waals surface area contributed by atoms with Gasteiger partial charge in [0.25, 0.3) is 11.8 Å². The van der Waals surface area contributed by atoms with E-state index in [1.807, 2.05) is 20.8 Å². The Morgan fingerprint density at radius 2 is 1.25 bits per heavy atom. The maximum Gasteiger partial charge on any atom is 0.412 e. The van der Waals surface area contributed by atoms with Gasteiger partial charge in [0.1, 0.15) is 18.0 Å². The number of aliphatic hydroxyl groups excluding tert-OH is 2. The van der Waals surface area contributed by atoms with Crippen molar-refractivity contribution in [2.75, 3.05) is 57.3 Å².